The topological polar surface area (TPSA) is 30.9 Å². The molecule has 1 fully saturated rings. The fourth-order valence-corrected chi connectivity index (χ4v) is 6.52. The standard InChI is InChI=1S/C11H27NO3Si2/c1-13-8-11-7-12(9-16(3,4)14-2)10-17(5,6)15-11/h11H,7-10H2,1-6H3. The molecule has 1 aliphatic rings. The summed E-state index contributed by atoms with van der Waals surface area (Å²) in [4.78, 5) is 2.52. The van der Waals surface area contributed by atoms with Gasteiger partial charge in [-0.1, -0.05) is 0 Å². The normalized spacial score (nSPS) is 26.1. The number of hydrogen-bond acceptors (Lipinski definition) is 4. The largest absolute Gasteiger partial charge is 0.419 e. The van der Waals surface area contributed by atoms with Gasteiger partial charge < -0.3 is 18.5 Å². The van der Waals surface area contributed by atoms with Crippen molar-refractivity contribution in [2.75, 3.05) is 39.7 Å². The maximum atomic E-state index is 6.14. The third kappa shape index (κ3) is 5.19. The van der Waals surface area contributed by atoms with E-state index in [9.17, 15) is 0 Å². The van der Waals surface area contributed by atoms with Crippen LogP contribution in [0.1, 0.15) is 0 Å². The Kier molecular flexibility index (Phi) is 5.36. The van der Waals surface area contributed by atoms with Crippen LogP contribution in [0.3, 0.4) is 0 Å². The highest BCUT2D eigenvalue weighted by atomic mass is 28.4. The first-order valence-corrected chi connectivity index (χ1v) is 12.5. The number of ether oxygens (including phenoxy) is 1. The molecule has 0 saturated carbocycles. The second-order valence-electron chi connectivity index (χ2n) is 6.09. The van der Waals surface area contributed by atoms with Gasteiger partial charge in [-0.15, -0.1) is 0 Å². The molecule has 0 aromatic carbocycles. The van der Waals surface area contributed by atoms with Gasteiger partial charge in [0, 0.05) is 33.1 Å². The highest BCUT2D eigenvalue weighted by molar-refractivity contribution is 6.73. The molecule has 0 N–H and O–H groups in total. The average Bonchev–Trinajstić information content (AvgIpc) is 2.14. The highest BCUT2D eigenvalue weighted by Gasteiger charge is 2.38. The number of hydrogen-bond donors (Lipinski definition) is 0. The van der Waals surface area contributed by atoms with E-state index in [-0.39, 0.29) is 6.10 Å². The van der Waals surface area contributed by atoms with Gasteiger partial charge in [0.2, 0.25) is 8.32 Å². The zero-order chi connectivity index (χ0) is 13.1. The zero-order valence-electron chi connectivity index (χ0n) is 12.1. The lowest BCUT2D eigenvalue weighted by Gasteiger charge is -2.43. The van der Waals surface area contributed by atoms with Crippen LogP contribution in [0.15, 0.2) is 0 Å². The summed E-state index contributed by atoms with van der Waals surface area (Å²) in [6.07, 6.45) is 2.42. The molecule has 6 heteroatoms. The predicted octanol–water partition coefficient (Wildman–Crippen LogP) is 1.47. The summed E-state index contributed by atoms with van der Waals surface area (Å²) in [7, 11) is 0.494. The van der Waals surface area contributed by atoms with Crippen molar-refractivity contribution < 1.29 is 13.6 Å². The number of methoxy groups -OCH3 is 1. The van der Waals surface area contributed by atoms with Gasteiger partial charge in [0.25, 0.3) is 0 Å². The number of rotatable bonds is 5. The molecule has 1 heterocycles. The molecule has 0 spiro atoms. The van der Waals surface area contributed by atoms with Gasteiger partial charge >= 0.3 is 0 Å². The summed E-state index contributed by atoms with van der Waals surface area (Å²) in [6.45, 7) is 10.8. The Morgan fingerprint density at radius 2 is 2.00 bits per heavy atom. The molecule has 1 unspecified atom stereocenters. The third-order valence-corrected chi connectivity index (χ3v) is 7.56. The van der Waals surface area contributed by atoms with E-state index in [1.165, 1.54) is 0 Å². The van der Waals surface area contributed by atoms with Crippen molar-refractivity contribution >= 4 is 16.6 Å². The van der Waals surface area contributed by atoms with Gasteiger partial charge in [-0.3, -0.25) is 0 Å². The second-order valence-corrected chi connectivity index (χ2v) is 14.4. The van der Waals surface area contributed by atoms with Crippen LogP contribution in [0.4, 0.5) is 0 Å². The van der Waals surface area contributed by atoms with Crippen LogP contribution in [0, 0.1) is 0 Å². The summed E-state index contributed by atoms with van der Waals surface area (Å²) in [5, 5.41) is 0. The predicted molar refractivity (Wildman–Crippen MR) is 75.2 cm³/mol. The molecule has 0 bridgehead atoms. The second kappa shape index (κ2) is 5.94. The SMILES string of the molecule is COCC1CN(C[Si](C)(C)OC)C[Si](C)(C)O1. The quantitative estimate of drug-likeness (QED) is 0.712. The molecule has 1 atom stereocenters. The summed E-state index contributed by atoms with van der Waals surface area (Å²) in [6, 6.07) is 0. The van der Waals surface area contributed by atoms with Crippen LogP contribution >= 0.6 is 0 Å². The molecule has 0 amide bonds. The van der Waals surface area contributed by atoms with Gasteiger partial charge in [-0.05, 0) is 26.2 Å². The van der Waals surface area contributed by atoms with Gasteiger partial charge in [-0.2, -0.15) is 0 Å². The maximum Gasteiger partial charge on any atom is 0.201 e. The Morgan fingerprint density at radius 1 is 1.35 bits per heavy atom. The van der Waals surface area contributed by atoms with Gasteiger partial charge in [0.05, 0.1) is 12.7 Å². The first kappa shape index (κ1) is 15.3. The summed E-state index contributed by atoms with van der Waals surface area (Å²) in [5.41, 5.74) is 0. The number of nitrogens with zero attached hydrogens (tertiary/aromatic N) is 1. The van der Waals surface area contributed by atoms with Crippen molar-refractivity contribution in [2.24, 2.45) is 0 Å². The molecule has 1 aliphatic heterocycles. The molecule has 0 aliphatic carbocycles. The van der Waals surface area contributed by atoms with E-state index in [1.807, 2.05) is 7.11 Å². The Labute approximate surface area is 107 Å². The van der Waals surface area contributed by atoms with Crippen molar-refractivity contribution in [3.05, 3.63) is 0 Å². The lowest BCUT2D eigenvalue weighted by molar-refractivity contribution is 0.0329. The Bertz CT molecular complexity index is 249. The lowest BCUT2D eigenvalue weighted by Crippen LogP contribution is -2.60. The highest BCUT2D eigenvalue weighted by Crippen LogP contribution is 2.19. The fraction of sp³-hybridized carbons (Fsp3) is 1.00. The fourth-order valence-electron chi connectivity index (χ4n) is 2.41. The maximum absolute atomic E-state index is 6.14. The minimum absolute atomic E-state index is 0.233. The summed E-state index contributed by atoms with van der Waals surface area (Å²) >= 11 is 0. The van der Waals surface area contributed by atoms with Crippen molar-refractivity contribution in [2.45, 2.75) is 32.3 Å². The Morgan fingerprint density at radius 3 is 2.53 bits per heavy atom. The molecule has 1 saturated heterocycles. The van der Waals surface area contributed by atoms with Crippen LogP contribution in [0.25, 0.3) is 0 Å². The minimum atomic E-state index is -1.55. The van der Waals surface area contributed by atoms with E-state index in [1.54, 1.807) is 7.11 Å². The average molecular weight is 278 g/mol. The first-order valence-electron chi connectivity index (χ1n) is 6.22. The molecule has 4 nitrogen and oxygen atoms in total. The first-order chi connectivity index (χ1) is 7.78. The van der Waals surface area contributed by atoms with Crippen LogP contribution in [-0.2, 0) is 13.6 Å². The van der Waals surface area contributed by atoms with E-state index in [0.717, 1.165) is 18.9 Å². The Hall–Kier alpha value is 0.274. The molecule has 0 aromatic heterocycles. The van der Waals surface area contributed by atoms with Crippen LogP contribution in [0.2, 0.25) is 26.2 Å². The van der Waals surface area contributed by atoms with E-state index >= 15 is 0 Å². The molecule has 0 radical (unpaired) electrons. The molecule has 0 aromatic rings. The lowest BCUT2D eigenvalue weighted by atomic mass is 10.3. The smallest absolute Gasteiger partial charge is 0.201 e. The van der Waals surface area contributed by atoms with Crippen LogP contribution in [0.5, 0.6) is 0 Å². The Balaban J connectivity index is 2.60. The summed E-state index contributed by atoms with van der Waals surface area (Å²) < 4.78 is 17.0. The zero-order valence-corrected chi connectivity index (χ0v) is 14.1. The van der Waals surface area contributed by atoms with Gasteiger partial charge in [-0.25, -0.2) is 0 Å². The van der Waals surface area contributed by atoms with Crippen LogP contribution in [-0.4, -0.2) is 67.3 Å². The molecule has 102 valence electrons. The van der Waals surface area contributed by atoms with Crippen LogP contribution < -0.4 is 0 Å². The molecular weight excluding hydrogens is 250 g/mol. The van der Waals surface area contributed by atoms with Crippen molar-refractivity contribution in [1.29, 1.82) is 0 Å². The van der Waals surface area contributed by atoms with E-state index < -0.39 is 16.6 Å². The van der Waals surface area contributed by atoms with E-state index in [0.29, 0.717) is 6.61 Å². The monoisotopic (exact) mass is 277 g/mol. The van der Waals surface area contributed by atoms with E-state index in [4.69, 9.17) is 13.6 Å². The van der Waals surface area contributed by atoms with Crippen molar-refractivity contribution in [3.63, 3.8) is 0 Å². The van der Waals surface area contributed by atoms with E-state index in [2.05, 4.69) is 31.1 Å². The van der Waals surface area contributed by atoms with Gasteiger partial charge in [0.1, 0.15) is 0 Å². The van der Waals surface area contributed by atoms with Gasteiger partial charge in [0.15, 0.2) is 8.32 Å². The van der Waals surface area contributed by atoms with Crippen molar-refractivity contribution in [1.82, 2.24) is 4.90 Å². The molecule has 17 heavy (non-hydrogen) atoms. The summed E-state index contributed by atoms with van der Waals surface area (Å²) in [5.74, 6) is 0. The molecule has 1 rings (SSSR count). The minimum Gasteiger partial charge on any atom is -0.419 e. The third-order valence-electron chi connectivity index (χ3n) is 3.06. The molecular formula is C11H27NO3Si2. The van der Waals surface area contributed by atoms with Crippen molar-refractivity contribution in [3.8, 4) is 0 Å².